The number of likely N-dealkylation sites (N-methyl/N-ethyl adjacent to an activating group) is 2. The Kier molecular flexibility index (Phi) is 5.78. The van der Waals surface area contributed by atoms with E-state index < -0.39 is 0 Å². The highest BCUT2D eigenvalue weighted by molar-refractivity contribution is 5.89. The molecule has 1 heterocycles. The molecule has 0 saturated carbocycles. The van der Waals surface area contributed by atoms with Gasteiger partial charge in [0.15, 0.2) is 0 Å². The van der Waals surface area contributed by atoms with E-state index in [-0.39, 0.29) is 12.1 Å². The second-order valence-electron chi connectivity index (χ2n) is 6.63. The van der Waals surface area contributed by atoms with Crippen molar-refractivity contribution in [3.05, 3.63) is 59.7 Å². The van der Waals surface area contributed by atoms with E-state index in [4.69, 9.17) is 9.47 Å². The maximum Gasteiger partial charge on any atom is 0.337 e. The largest absolute Gasteiger partial charge is 0.485 e. The highest BCUT2D eigenvalue weighted by Crippen LogP contribution is 2.32. The van der Waals surface area contributed by atoms with E-state index in [2.05, 4.69) is 35.9 Å². The summed E-state index contributed by atoms with van der Waals surface area (Å²) in [6.07, 6.45) is 0.129. The molecule has 0 fully saturated rings. The number of nitrogens with zero attached hydrogens (tertiary/aromatic N) is 2. The van der Waals surface area contributed by atoms with Gasteiger partial charge in [0, 0.05) is 19.6 Å². The van der Waals surface area contributed by atoms with Crippen molar-refractivity contribution in [2.24, 2.45) is 0 Å². The molecule has 0 N–H and O–H groups in total. The molecule has 1 aliphatic heterocycles. The van der Waals surface area contributed by atoms with Crippen LogP contribution in [0.3, 0.4) is 0 Å². The molecule has 0 aromatic heterocycles. The average Bonchev–Trinajstić information content (AvgIpc) is 2.67. The predicted molar refractivity (Wildman–Crippen MR) is 103 cm³/mol. The zero-order valence-corrected chi connectivity index (χ0v) is 15.6. The van der Waals surface area contributed by atoms with Gasteiger partial charge in [-0.15, -0.1) is 0 Å². The fraction of sp³-hybridized carbons (Fsp3) is 0.381. The maximum atomic E-state index is 11.5. The van der Waals surface area contributed by atoms with Gasteiger partial charge >= 0.3 is 5.97 Å². The van der Waals surface area contributed by atoms with Gasteiger partial charge in [0.25, 0.3) is 0 Å². The summed E-state index contributed by atoms with van der Waals surface area (Å²) in [5.74, 6) is 0.653. The Morgan fingerprint density at radius 1 is 1.23 bits per heavy atom. The molecule has 5 nitrogen and oxygen atoms in total. The number of hydrogen-bond donors (Lipinski definition) is 0. The maximum absolute atomic E-state index is 11.5. The fourth-order valence-electron chi connectivity index (χ4n) is 3.36. The van der Waals surface area contributed by atoms with Gasteiger partial charge in [-0.25, -0.2) is 4.79 Å². The summed E-state index contributed by atoms with van der Waals surface area (Å²) in [6, 6.07) is 15.8. The summed E-state index contributed by atoms with van der Waals surface area (Å²) < 4.78 is 10.9. The summed E-state index contributed by atoms with van der Waals surface area (Å²) >= 11 is 0. The van der Waals surface area contributed by atoms with Crippen molar-refractivity contribution in [3.8, 4) is 5.75 Å². The van der Waals surface area contributed by atoms with E-state index in [1.165, 1.54) is 12.8 Å². The number of carbonyl (C=O) groups excluding carboxylic acids is 1. The quantitative estimate of drug-likeness (QED) is 0.745. The Morgan fingerprint density at radius 3 is 2.65 bits per heavy atom. The molecular formula is C21H26N2O3. The third-order valence-electron chi connectivity index (χ3n) is 4.65. The minimum Gasteiger partial charge on any atom is -0.485 e. The Morgan fingerprint density at radius 2 is 1.96 bits per heavy atom. The average molecular weight is 354 g/mol. The zero-order chi connectivity index (χ0) is 18.5. The Labute approximate surface area is 155 Å². The summed E-state index contributed by atoms with van der Waals surface area (Å²) in [4.78, 5) is 16.1. The van der Waals surface area contributed by atoms with E-state index in [9.17, 15) is 4.79 Å². The topological polar surface area (TPSA) is 42.0 Å². The van der Waals surface area contributed by atoms with Crippen molar-refractivity contribution in [2.75, 3.05) is 38.7 Å². The number of carbonyl (C=O) groups is 1. The number of anilines is 1. The first kappa shape index (κ1) is 18.3. The number of ether oxygens (including phenoxy) is 2. The standard InChI is InChI=1S/C21H26N2O3/c1-4-23-15-18(26-20-8-6-5-7-19(20)23)14-22(2)13-16-9-11-17(12-10-16)21(24)25-3/h5-12,18H,4,13-15H2,1-3H3/t18-/m1/s1. The van der Waals surface area contributed by atoms with Gasteiger partial charge in [0.05, 0.1) is 24.9 Å². The van der Waals surface area contributed by atoms with Crippen LogP contribution in [0.5, 0.6) is 5.75 Å². The molecule has 0 radical (unpaired) electrons. The van der Waals surface area contributed by atoms with E-state index in [0.717, 1.165) is 37.5 Å². The summed E-state index contributed by atoms with van der Waals surface area (Å²) in [7, 11) is 3.49. The van der Waals surface area contributed by atoms with Crippen molar-refractivity contribution < 1.29 is 14.3 Å². The smallest absolute Gasteiger partial charge is 0.337 e. The molecule has 2 aromatic carbocycles. The van der Waals surface area contributed by atoms with Crippen LogP contribution in [0, 0.1) is 0 Å². The van der Waals surface area contributed by atoms with Crippen LogP contribution in [0.1, 0.15) is 22.8 Å². The lowest BCUT2D eigenvalue weighted by Crippen LogP contribution is -2.45. The van der Waals surface area contributed by atoms with Crippen LogP contribution in [0.2, 0.25) is 0 Å². The molecule has 1 atom stereocenters. The lowest BCUT2D eigenvalue weighted by atomic mass is 10.1. The highest BCUT2D eigenvalue weighted by Gasteiger charge is 2.25. The van der Waals surface area contributed by atoms with Crippen LogP contribution in [0.4, 0.5) is 5.69 Å². The first-order valence-corrected chi connectivity index (χ1v) is 8.97. The molecule has 0 spiro atoms. The molecule has 3 rings (SSSR count). The predicted octanol–water partition coefficient (Wildman–Crippen LogP) is 3.19. The normalized spacial score (nSPS) is 16.2. The minimum absolute atomic E-state index is 0.129. The number of hydrogen-bond acceptors (Lipinski definition) is 5. The van der Waals surface area contributed by atoms with Crippen LogP contribution in [0.15, 0.2) is 48.5 Å². The van der Waals surface area contributed by atoms with Gasteiger partial charge in [-0.2, -0.15) is 0 Å². The number of fused-ring (bicyclic) bond motifs is 1. The van der Waals surface area contributed by atoms with Gasteiger partial charge in [0.2, 0.25) is 0 Å². The molecule has 138 valence electrons. The van der Waals surface area contributed by atoms with Crippen molar-refractivity contribution in [3.63, 3.8) is 0 Å². The third kappa shape index (κ3) is 4.17. The van der Waals surface area contributed by atoms with Crippen molar-refractivity contribution >= 4 is 11.7 Å². The third-order valence-corrected chi connectivity index (χ3v) is 4.65. The van der Waals surface area contributed by atoms with Crippen LogP contribution in [-0.2, 0) is 11.3 Å². The van der Waals surface area contributed by atoms with Gasteiger partial charge in [-0.3, -0.25) is 4.90 Å². The molecule has 0 aliphatic carbocycles. The van der Waals surface area contributed by atoms with Crippen LogP contribution < -0.4 is 9.64 Å². The molecule has 0 bridgehead atoms. The molecule has 26 heavy (non-hydrogen) atoms. The number of para-hydroxylation sites is 2. The first-order valence-electron chi connectivity index (χ1n) is 8.97. The highest BCUT2D eigenvalue weighted by atomic mass is 16.5. The monoisotopic (exact) mass is 354 g/mol. The Bertz CT molecular complexity index is 745. The van der Waals surface area contributed by atoms with Gasteiger partial charge in [0.1, 0.15) is 11.9 Å². The van der Waals surface area contributed by atoms with Crippen molar-refractivity contribution in [1.82, 2.24) is 4.90 Å². The van der Waals surface area contributed by atoms with E-state index in [1.807, 2.05) is 24.3 Å². The Hall–Kier alpha value is -2.53. The number of rotatable bonds is 6. The summed E-state index contributed by atoms with van der Waals surface area (Å²) in [5.41, 5.74) is 2.90. The lowest BCUT2D eigenvalue weighted by Gasteiger charge is -2.37. The molecule has 1 aliphatic rings. The van der Waals surface area contributed by atoms with Crippen molar-refractivity contribution in [1.29, 1.82) is 0 Å². The van der Waals surface area contributed by atoms with Gasteiger partial charge in [-0.1, -0.05) is 24.3 Å². The summed E-state index contributed by atoms with van der Waals surface area (Å²) in [5, 5.41) is 0. The molecule has 0 amide bonds. The first-order chi connectivity index (χ1) is 12.6. The fourth-order valence-corrected chi connectivity index (χ4v) is 3.36. The minimum atomic E-state index is -0.307. The number of methoxy groups -OCH3 is 1. The van der Waals surface area contributed by atoms with E-state index in [0.29, 0.717) is 5.56 Å². The lowest BCUT2D eigenvalue weighted by molar-refractivity contribution is 0.0600. The second kappa shape index (κ2) is 8.23. The number of benzene rings is 2. The van der Waals surface area contributed by atoms with E-state index in [1.54, 1.807) is 12.1 Å². The molecular weight excluding hydrogens is 328 g/mol. The van der Waals surface area contributed by atoms with Crippen molar-refractivity contribution in [2.45, 2.75) is 19.6 Å². The molecule has 5 heteroatoms. The molecule has 0 saturated heterocycles. The van der Waals surface area contributed by atoms with Gasteiger partial charge < -0.3 is 14.4 Å². The summed E-state index contributed by atoms with van der Waals surface area (Å²) in [6.45, 7) is 5.67. The Balaban J connectivity index is 1.60. The zero-order valence-electron chi connectivity index (χ0n) is 15.6. The van der Waals surface area contributed by atoms with Crippen LogP contribution >= 0.6 is 0 Å². The molecule has 0 unspecified atom stereocenters. The second-order valence-corrected chi connectivity index (χ2v) is 6.63. The number of esters is 1. The van der Waals surface area contributed by atoms with Gasteiger partial charge in [-0.05, 0) is 43.8 Å². The van der Waals surface area contributed by atoms with Crippen LogP contribution in [0.25, 0.3) is 0 Å². The van der Waals surface area contributed by atoms with Crippen LogP contribution in [-0.4, -0.2) is 50.8 Å². The SMILES string of the molecule is CCN1C[C@@H](CN(C)Cc2ccc(C(=O)OC)cc2)Oc2ccccc21. The molecule has 2 aromatic rings. The van der Waals surface area contributed by atoms with E-state index >= 15 is 0 Å².